The Morgan fingerprint density at radius 1 is 1.44 bits per heavy atom. The molecule has 0 bridgehead atoms. The van der Waals surface area contributed by atoms with Gasteiger partial charge in [-0.25, -0.2) is 4.39 Å². The second kappa shape index (κ2) is 6.29. The number of hydrogen-bond donors (Lipinski definition) is 2. The van der Waals surface area contributed by atoms with Crippen LogP contribution in [0.4, 0.5) is 4.39 Å². The Bertz CT molecular complexity index is 435. The molecule has 5 heteroatoms. The zero-order chi connectivity index (χ0) is 13.0. The van der Waals surface area contributed by atoms with E-state index >= 15 is 0 Å². The molecule has 1 aromatic rings. The Labute approximate surface area is 114 Å². The van der Waals surface area contributed by atoms with Crippen LogP contribution in [0.1, 0.15) is 24.8 Å². The van der Waals surface area contributed by atoms with Crippen LogP contribution in [0.5, 0.6) is 0 Å². The van der Waals surface area contributed by atoms with E-state index in [9.17, 15) is 9.18 Å². The molecule has 1 fully saturated rings. The molecule has 1 aliphatic rings. The lowest BCUT2D eigenvalue weighted by Gasteiger charge is -2.07. The number of carbonyl (C=O) groups is 1. The van der Waals surface area contributed by atoms with Crippen molar-refractivity contribution in [3.05, 3.63) is 34.1 Å². The summed E-state index contributed by atoms with van der Waals surface area (Å²) in [6.07, 6.45) is 2.64. The highest BCUT2D eigenvalue weighted by atomic mass is 79.9. The summed E-state index contributed by atoms with van der Waals surface area (Å²) >= 11 is 3.30. The molecule has 0 atom stereocenters. The first-order valence-corrected chi connectivity index (χ1v) is 6.88. The minimum atomic E-state index is -0.229. The third kappa shape index (κ3) is 4.38. The Morgan fingerprint density at radius 3 is 2.94 bits per heavy atom. The lowest BCUT2D eigenvalue weighted by atomic mass is 10.2. The number of halogens is 2. The summed E-state index contributed by atoms with van der Waals surface area (Å²) in [4.78, 5) is 11.4. The summed E-state index contributed by atoms with van der Waals surface area (Å²) in [5.74, 6) is -0.159. The van der Waals surface area contributed by atoms with Crippen molar-refractivity contribution in [3.63, 3.8) is 0 Å². The van der Waals surface area contributed by atoms with Crippen LogP contribution >= 0.6 is 15.9 Å². The smallest absolute Gasteiger partial charge is 0.221 e. The van der Waals surface area contributed by atoms with Crippen LogP contribution in [-0.2, 0) is 11.3 Å². The van der Waals surface area contributed by atoms with Crippen LogP contribution in [-0.4, -0.2) is 18.5 Å². The first kappa shape index (κ1) is 13.5. The quantitative estimate of drug-likeness (QED) is 0.791. The van der Waals surface area contributed by atoms with Gasteiger partial charge in [-0.05, 0) is 31.0 Å². The van der Waals surface area contributed by atoms with Crippen LogP contribution in [0.2, 0.25) is 0 Å². The SMILES string of the molecule is O=C(CCNCc1cc(Br)ccc1F)NC1CC1. The maximum absolute atomic E-state index is 13.4. The Kier molecular flexibility index (Phi) is 4.72. The van der Waals surface area contributed by atoms with Gasteiger partial charge in [0.25, 0.3) is 0 Å². The first-order chi connectivity index (χ1) is 8.65. The van der Waals surface area contributed by atoms with E-state index in [1.165, 1.54) is 6.07 Å². The minimum absolute atomic E-state index is 0.0692. The van der Waals surface area contributed by atoms with Crippen LogP contribution in [0.3, 0.4) is 0 Å². The van der Waals surface area contributed by atoms with Gasteiger partial charge in [0, 0.05) is 35.6 Å². The molecule has 18 heavy (non-hydrogen) atoms. The summed E-state index contributed by atoms with van der Waals surface area (Å²) < 4.78 is 14.2. The van der Waals surface area contributed by atoms with Crippen molar-refractivity contribution in [1.82, 2.24) is 10.6 Å². The summed E-state index contributed by atoms with van der Waals surface area (Å²) in [7, 11) is 0. The van der Waals surface area contributed by atoms with E-state index in [-0.39, 0.29) is 11.7 Å². The summed E-state index contributed by atoms with van der Waals surface area (Å²) in [6.45, 7) is 0.993. The Morgan fingerprint density at radius 2 is 2.22 bits per heavy atom. The fourth-order valence-corrected chi connectivity index (χ4v) is 2.04. The predicted molar refractivity (Wildman–Crippen MR) is 71.6 cm³/mol. The fourth-order valence-electron chi connectivity index (χ4n) is 1.63. The fraction of sp³-hybridized carbons (Fsp3) is 0.462. The lowest BCUT2D eigenvalue weighted by molar-refractivity contribution is -0.121. The second-order valence-corrected chi connectivity index (χ2v) is 5.42. The van der Waals surface area contributed by atoms with Crippen LogP contribution in [0.25, 0.3) is 0 Å². The van der Waals surface area contributed by atoms with Gasteiger partial charge in [0.15, 0.2) is 0 Å². The molecular formula is C13H16BrFN2O. The molecule has 1 saturated carbocycles. The maximum atomic E-state index is 13.4. The van der Waals surface area contributed by atoms with E-state index < -0.39 is 0 Å². The third-order valence-corrected chi connectivity index (χ3v) is 3.29. The number of nitrogens with one attached hydrogen (secondary N) is 2. The molecule has 0 aliphatic heterocycles. The molecule has 0 spiro atoms. The van der Waals surface area contributed by atoms with Crippen LogP contribution in [0.15, 0.2) is 22.7 Å². The summed E-state index contributed by atoms with van der Waals surface area (Å²) in [5, 5.41) is 5.99. The molecule has 2 rings (SSSR count). The van der Waals surface area contributed by atoms with Gasteiger partial charge in [-0.3, -0.25) is 4.79 Å². The van der Waals surface area contributed by atoms with E-state index in [2.05, 4.69) is 26.6 Å². The predicted octanol–water partition coefficient (Wildman–Crippen LogP) is 2.35. The van der Waals surface area contributed by atoms with E-state index in [4.69, 9.17) is 0 Å². The van der Waals surface area contributed by atoms with Gasteiger partial charge in [0.1, 0.15) is 5.82 Å². The highest BCUT2D eigenvalue weighted by Crippen LogP contribution is 2.18. The van der Waals surface area contributed by atoms with E-state index in [0.29, 0.717) is 31.1 Å². The van der Waals surface area contributed by atoms with E-state index in [0.717, 1.165) is 17.3 Å². The number of benzene rings is 1. The van der Waals surface area contributed by atoms with Crippen LogP contribution in [0, 0.1) is 5.82 Å². The average molecular weight is 315 g/mol. The second-order valence-electron chi connectivity index (χ2n) is 4.50. The zero-order valence-electron chi connectivity index (χ0n) is 10.0. The van der Waals surface area contributed by atoms with Gasteiger partial charge in [0.2, 0.25) is 5.91 Å². The molecule has 0 saturated heterocycles. The Balaban J connectivity index is 1.67. The molecule has 1 aliphatic carbocycles. The molecule has 2 N–H and O–H groups in total. The molecule has 0 heterocycles. The standard InChI is InChI=1S/C13H16BrFN2O/c14-10-1-4-12(15)9(7-10)8-16-6-5-13(18)17-11-2-3-11/h1,4,7,11,16H,2-3,5-6,8H2,(H,17,18). The van der Waals surface area contributed by atoms with Gasteiger partial charge in [-0.15, -0.1) is 0 Å². The number of hydrogen-bond acceptors (Lipinski definition) is 2. The topological polar surface area (TPSA) is 41.1 Å². The lowest BCUT2D eigenvalue weighted by Crippen LogP contribution is -2.29. The zero-order valence-corrected chi connectivity index (χ0v) is 11.6. The largest absolute Gasteiger partial charge is 0.353 e. The summed E-state index contributed by atoms with van der Waals surface area (Å²) in [5.41, 5.74) is 0.604. The number of carbonyl (C=O) groups excluding carboxylic acids is 1. The number of rotatable bonds is 6. The van der Waals surface area contributed by atoms with Gasteiger partial charge in [0.05, 0.1) is 0 Å². The van der Waals surface area contributed by atoms with Crippen molar-refractivity contribution >= 4 is 21.8 Å². The molecule has 0 unspecified atom stereocenters. The van der Waals surface area contributed by atoms with Gasteiger partial charge in [-0.2, -0.15) is 0 Å². The molecular weight excluding hydrogens is 299 g/mol. The van der Waals surface area contributed by atoms with Crippen LogP contribution < -0.4 is 10.6 Å². The molecule has 1 amide bonds. The normalized spacial score (nSPS) is 14.6. The molecule has 1 aromatic carbocycles. The van der Waals surface area contributed by atoms with Gasteiger partial charge in [-0.1, -0.05) is 15.9 Å². The van der Waals surface area contributed by atoms with Crippen molar-refractivity contribution in [2.45, 2.75) is 31.8 Å². The molecule has 3 nitrogen and oxygen atoms in total. The maximum Gasteiger partial charge on any atom is 0.221 e. The van der Waals surface area contributed by atoms with Crippen molar-refractivity contribution in [2.75, 3.05) is 6.54 Å². The van der Waals surface area contributed by atoms with E-state index in [1.807, 2.05) is 0 Å². The third-order valence-electron chi connectivity index (χ3n) is 2.79. The van der Waals surface area contributed by atoms with Gasteiger partial charge < -0.3 is 10.6 Å². The monoisotopic (exact) mass is 314 g/mol. The van der Waals surface area contributed by atoms with Gasteiger partial charge >= 0.3 is 0 Å². The minimum Gasteiger partial charge on any atom is -0.353 e. The van der Waals surface area contributed by atoms with Crippen molar-refractivity contribution < 1.29 is 9.18 Å². The van der Waals surface area contributed by atoms with Crippen molar-refractivity contribution in [3.8, 4) is 0 Å². The molecule has 0 aromatic heterocycles. The Hall–Kier alpha value is -0.940. The first-order valence-electron chi connectivity index (χ1n) is 6.09. The van der Waals surface area contributed by atoms with Crippen molar-refractivity contribution in [2.24, 2.45) is 0 Å². The average Bonchev–Trinajstić information content (AvgIpc) is 3.13. The highest BCUT2D eigenvalue weighted by Gasteiger charge is 2.22. The highest BCUT2D eigenvalue weighted by molar-refractivity contribution is 9.10. The molecule has 98 valence electrons. The van der Waals surface area contributed by atoms with Crippen molar-refractivity contribution in [1.29, 1.82) is 0 Å². The number of amides is 1. The van der Waals surface area contributed by atoms with E-state index in [1.54, 1.807) is 12.1 Å². The summed E-state index contributed by atoms with van der Waals surface area (Å²) in [6, 6.07) is 5.25. The molecule has 0 radical (unpaired) electrons.